The maximum atomic E-state index is 13.1. The van der Waals surface area contributed by atoms with Crippen LogP contribution in [0, 0.1) is 5.92 Å². The number of nitrogens with zero attached hydrogens (tertiary/aromatic N) is 2. The lowest BCUT2D eigenvalue weighted by Gasteiger charge is -2.32. The Morgan fingerprint density at radius 1 is 0.935 bits per heavy atom. The molecule has 0 saturated carbocycles. The molecule has 1 N–H and O–H groups in total. The van der Waals surface area contributed by atoms with Gasteiger partial charge in [0.1, 0.15) is 0 Å². The molecule has 3 aromatic rings. The molecule has 0 bridgehead atoms. The van der Waals surface area contributed by atoms with E-state index in [1.54, 1.807) is 0 Å². The quantitative estimate of drug-likeness (QED) is 0.663. The van der Waals surface area contributed by atoms with Crippen LogP contribution in [-0.2, 0) is 4.79 Å². The van der Waals surface area contributed by atoms with Gasteiger partial charge in [0.05, 0.1) is 0 Å². The van der Waals surface area contributed by atoms with Crippen molar-refractivity contribution < 1.29 is 9.59 Å². The fraction of sp³-hybridized carbons (Fsp3) is 0.308. The highest BCUT2D eigenvalue weighted by Gasteiger charge is 2.28. The lowest BCUT2D eigenvalue weighted by Crippen LogP contribution is -2.44. The Kier molecular flexibility index (Phi) is 6.51. The monoisotopic (exact) mass is 415 g/mol. The zero-order valence-electron chi connectivity index (χ0n) is 18.0. The molecule has 160 valence electrons. The van der Waals surface area contributed by atoms with E-state index < -0.39 is 0 Å². The molecule has 3 aromatic carbocycles. The number of fused-ring (bicyclic) bond motifs is 1. The molecule has 1 aliphatic rings. The Bertz CT molecular complexity index is 1040. The summed E-state index contributed by atoms with van der Waals surface area (Å²) in [7, 11) is 2.03. The highest BCUT2D eigenvalue weighted by atomic mass is 16.2. The lowest BCUT2D eigenvalue weighted by atomic mass is 9.95. The summed E-state index contributed by atoms with van der Waals surface area (Å²) in [6.45, 7) is 2.60. The van der Waals surface area contributed by atoms with Crippen molar-refractivity contribution in [2.75, 3.05) is 38.1 Å². The van der Waals surface area contributed by atoms with Crippen molar-refractivity contribution in [2.45, 2.75) is 12.8 Å². The largest absolute Gasteiger partial charge is 0.373 e. The number of hydrogen-bond acceptors (Lipinski definition) is 3. The summed E-state index contributed by atoms with van der Waals surface area (Å²) in [5, 5.41) is 5.12. The summed E-state index contributed by atoms with van der Waals surface area (Å²) >= 11 is 0. The van der Waals surface area contributed by atoms with Crippen molar-refractivity contribution in [3.63, 3.8) is 0 Å². The van der Waals surface area contributed by atoms with Gasteiger partial charge in [-0.1, -0.05) is 54.6 Å². The third-order valence-electron chi connectivity index (χ3n) is 6.12. The number of piperidine rings is 1. The van der Waals surface area contributed by atoms with E-state index in [-0.39, 0.29) is 17.7 Å². The molecule has 0 spiro atoms. The highest BCUT2D eigenvalue weighted by Crippen LogP contribution is 2.23. The van der Waals surface area contributed by atoms with E-state index in [9.17, 15) is 9.59 Å². The summed E-state index contributed by atoms with van der Waals surface area (Å²) in [6.07, 6.45) is 1.41. The van der Waals surface area contributed by atoms with Gasteiger partial charge in [0.2, 0.25) is 5.91 Å². The number of benzene rings is 3. The van der Waals surface area contributed by atoms with Crippen LogP contribution in [0.1, 0.15) is 23.2 Å². The number of hydrogen-bond donors (Lipinski definition) is 1. The molecule has 1 fully saturated rings. The molecule has 0 unspecified atom stereocenters. The summed E-state index contributed by atoms with van der Waals surface area (Å²) in [5.74, 6) is 0.123. The second kappa shape index (κ2) is 9.65. The van der Waals surface area contributed by atoms with Crippen molar-refractivity contribution in [1.82, 2.24) is 10.2 Å². The minimum absolute atomic E-state index is 0.0291. The maximum absolute atomic E-state index is 13.1. The fourth-order valence-corrected chi connectivity index (χ4v) is 4.23. The number of likely N-dealkylation sites (tertiary alicyclic amines) is 1. The van der Waals surface area contributed by atoms with E-state index in [1.807, 2.05) is 72.6 Å². The molecule has 1 aliphatic heterocycles. The fourth-order valence-electron chi connectivity index (χ4n) is 4.23. The summed E-state index contributed by atoms with van der Waals surface area (Å²) < 4.78 is 0. The predicted molar refractivity (Wildman–Crippen MR) is 125 cm³/mol. The molecular formula is C26H29N3O2. The Morgan fingerprint density at radius 2 is 1.61 bits per heavy atom. The Hall–Kier alpha value is -3.34. The van der Waals surface area contributed by atoms with Crippen LogP contribution in [0.3, 0.4) is 0 Å². The van der Waals surface area contributed by atoms with Crippen LogP contribution in [0.25, 0.3) is 10.8 Å². The van der Waals surface area contributed by atoms with Crippen molar-refractivity contribution in [3.8, 4) is 0 Å². The topological polar surface area (TPSA) is 52.7 Å². The maximum Gasteiger partial charge on any atom is 0.254 e. The molecular weight excluding hydrogens is 386 g/mol. The number of carbonyl (C=O) groups is 2. The Morgan fingerprint density at radius 3 is 2.39 bits per heavy atom. The van der Waals surface area contributed by atoms with Gasteiger partial charge in [-0.25, -0.2) is 0 Å². The average molecular weight is 416 g/mol. The van der Waals surface area contributed by atoms with Gasteiger partial charge >= 0.3 is 0 Å². The summed E-state index contributed by atoms with van der Waals surface area (Å²) in [5.41, 5.74) is 1.88. The number of amides is 2. The lowest BCUT2D eigenvalue weighted by molar-refractivity contribution is -0.126. The zero-order valence-corrected chi connectivity index (χ0v) is 18.0. The zero-order chi connectivity index (χ0) is 21.6. The average Bonchev–Trinajstić information content (AvgIpc) is 2.83. The van der Waals surface area contributed by atoms with E-state index in [4.69, 9.17) is 0 Å². The molecule has 0 atom stereocenters. The van der Waals surface area contributed by atoms with Crippen molar-refractivity contribution >= 4 is 28.3 Å². The Balaban J connectivity index is 1.27. The van der Waals surface area contributed by atoms with Crippen molar-refractivity contribution in [2.24, 2.45) is 5.92 Å². The number of anilines is 1. The second-order valence-corrected chi connectivity index (χ2v) is 8.14. The van der Waals surface area contributed by atoms with Gasteiger partial charge in [-0.15, -0.1) is 0 Å². The molecule has 0 aliphatic carbocycles. The van der Waals surface area contributed by atoms with E-state index in [2.05, 4.69) is 22.3 Å². The normalized spacial score (nSPS) is 14.4. The number of nitrogens with one attached hydrogen (secondary N) is 1. The van der Waals surface area contributed by atoms with Crippen molar-refractivity contribution in [3.05, 3.63) is 78.4 Å². The first-order valence-electron chi connectivity index (χ1n) is 10.9. The van der Waals surface area contributed by atoms with Gasteiger partial charge < -0.3 is 15.1 Å². The molecule has 1 heterocycles. The van der Waals surface area contributed by atoms with Gasteiger partial charge in [0.15, 0.2) is 0 Å². The highest BCUT2D eigenvalue weighted by molar-refractivity contribution is 6.07. The van der Waals surface area contributed by atoms with Crippen LogP contribution < -0.4 is 10.2 Å². The third kappa shape index (κ3) is 4.88. The first-order valence-corrected chi connectivity index (χ1v) is 10.9. The third-order valence-corrected chi connectivity index (χ3v) is 6.12. The van der Waals surface area contributed by atoms with E-state index >= 15 is 0 Å². The SMILES string of the molecule is CN(CCNC(=O)C1CCN(C(=O)c2cccc3ccccc23)CC1)c1ccccc1. The van der Waals surface area contributed by atoms with Crippen LogP contribution in [-0.4, -0.2) is 49.9 Å². The van der Waals surface area contributed by atoms with Crippen molar-refractivity contribution in [1.29, 1.82) is 0 Å². The number of carbonyl (C=O) groups excluding carboxylic acids is 2. The second-order valence-electron chi connectivity index (χ2n) is 8.14. The smallest absolute Gasteiger partial charge is 0.254 e. The van der Waals surface area contributed by atoms with E-state index in [1.165, 1.54) is 0 Å². The van der Waals surface area contributed by atoms with Gasteiger partial charge in [-0.2, -0.15) is 0 Å². The molecule has 5 nitrogen and oxygen atoms in total. The molecule has 4 rings (SSSR count). The minimum Gasteiger partial charge on any atom is -0.373 e. The predicted octanol–water partition coefficient (Wildman–Crippen LogP) is 3.94. The van der Waals surface area contributed by atoms with Crippen LogP contribution in [0.15, 0.2) is 72.8 Å². The summed E-state index contributed by atoms with van der Waals surface area (Å²) in [6, 6.07) is 24.0. The minimum atomic E-state index is -0.0291. The van der Waals surface area contributed by atoms with E-state index in [0.717, 1.165) is 28.6 Å². The van der Waals surface area contributed by atoms with Crippen LogP contribution in [0.5, 0.6) is 0 Å². The Labute approximate surface area is 183 Å². The van der Waals surface area contributed by atoms with Gasteiger partial charge in [0, 0.05) is 50.4 Å². The van der Waals surface area contributed by atoms with Crippen LogP contribution in [0.4, 0.5) is 5.69 Å². The standard InChI is InChI=1S/C26H29N3O2/c1-28(22-10-3-2-4-11-22)19-16-27-25(30)21-14-17-29(18-15-21)26(31)24-13-7-9-20-8-5-6-12-23(20)24/h2-13,21H,14-19H2,1H3,(H,27,30). The molecule has 31 heavy (non-hydrogen) atoms. The molecule has 1 saturated heterocycles. The molecule has 0 aromatic heterocycles. The van der Waals surface area contributed by atoms with Gasteiger partial charge in [-0.05, 0) is 41.8 Å². The molecule has 2 amide bonds. The van der Waals surface area contributed by atoms with E-state index in [0.29, 0.717) is 32.5 Å². The van der Waals surface area contributed by atoms with Gasteiger partial charge in [-0.3, -0.25) is 9.59 Å². The number of para-hydroxylation sites is 1. The number of rotatable bonds is 6. The van der Waals surface area contributed by atoms with Gasteiger partial charge in [0.25, 0.3) is 5.91 Å². The first kappa shape index (κ1) is 20.9. The van der Waals surface area contributed by atoms with Crippen LogP contribution >= 0.6 is 0 Å². The molecule has 0 radical (unpaired) electrons. The first-order chi connectivity index (χ1) is 15.1. The van der Waals surface area contributed by atoms with Crippen LogP contribution in [0.2, 0.25) is 0 Å². The summed E-state index contributed by atoms with van der Waals surface area (Å²) in [4.78, 5) is 29.7. The number of likely N-dealkylation sites (N-methyl/N-ethyl adjacent to an activating group) is 1. The molecule has 5 heteroatoms.